The number of carbonyl (C=O) groups excluding carboxylic acids is 1. The lowest BCUT2D eigenvalue weighted by atomic mass is 9.95. The van der Waals surface area contributed by atoms with Crippen molar-refractivity contribution in [3.05, 3.63) is 65.6 Å². The second-order valence-corrected chi connectivity index (χ2v) is 14.8. The molecular formula is C38H42ClF2N7O2. The van der Waals surface area contributed by atoms with Gasteiger partial charge in [-0.1, -0.05) is 48.0 Å². The predicted octanol–water partition coefficient (Wildman–Crippen LogP) is 6.28. The summed E-state index contributed by atoms with van der Waals surface area (Å²) in [5.74, 6) is -0.151. The fourth-order valence-corrected chi connectivity index (χ4v) is 8.59. The van der Waals surface area contributed by atoms with Crippen LogP contribution in [0.2, 0.25) is 5.02 Å². The van der Waals surface area contributed by atoms with Gasteiger partial charge in [0.2, 0.25) is 5.91 Å². The molecule has 0 spiro atoms. The maximum absolute atomic E-state index is 16.8. The van der Waals surface area contributed by atoms with Crippen molar-refractivity contribution < 1.29 is 18.3 Å². The molecule has 1 amide bonds. The van der Waals surface area contributed by atoms with Crippen molar-refractivity contribution in [1.82, 2.24) is 29.7 Å². The first-order chi connectivity index (χ1) is 24.2. The summed E-state index contributed by atoms with van der Waals surface area (Å²) in [6.45, 7) is 6.79. The molecule has 9 nitrogen and oxygen atoms in total. The van der Waals surface area contributed by atoms with E-state index in [2.05, 4.69) is 26.7 Å². The van der Waals surface area contributed by atoms with Crippen LogP contribution in [0.5, 0.6) is 6.01 Å². The van der Waals surface area contributed by atoms with E-state index in [1.54, 1.807) is 24.4 Å². The Bertz CT molecular complexity index is 1970. The minimum atomic E-state index is -0.904. The van der Waals surface area contributed by atoms with E-state index in [9.17, 15) is 9.18 Å². The number of fused-ring (bicyclic) bond motifs is 3. The van der Waals surface area contributed by atoms with Crippen molar-refractivity contribution in [3.8, 4) is 17.3 Å². The number of hydrogen-bond acceptors (Lipinski definition) is 8. The molecule has 4 atom stereocenters. The second kappa shape index (κ2) is 13.3. The molecule has 2 aromatic carbocycles. The van der Waals surface area contributed by atoms with Gasteiger partial charge in [-0.05, 0) is 63.7 Å². The van der Waals surface area contributed by atoms with Crippen molar-refractivity contribution in [2.75, 3.05) is 57.8 Å². The summed E-state index contributed by atoms with van der Waals surface area (Å²) in [6, 6.07) is 11.4. The Hall–Kier alpha value is -3.93. The van der Waals surface area contributed by atoms with E-state index in [0.29, 0.717) is 53.2 Å². The van der Waals surface area contributed by atoms with E-state index in [4.69, 9.17) is 21.3 Å². The fraction of sp³-hybridized carbons (Fsp3) is 0.474. The van der Waals surface area contributed by atoms with Gasteiger partial charge in [-0.15, -0.1) is 0 Å². The summed E-state index contributed by atoms with van der Waals surface area (Å²) in [5, 5.41) is 2.51. The fourth-order valence-electron chi connectivity index (χ4n) is 8.31. The molecule has 4 aromatic rings. The molecule has 50 heavy (non-hydrogen) atoms. The molecule has 4 aliphatic heterocycles. The number of likely N-dealkylation sites (N-methyl/N-ethyl adjacent to an activating group) is 1. The van der Waals surface area contributed by atoms with Gasteiger partial charge in [0.1, 0.15) is 29.8 Å². The predicted molar refractivity (Wildman–Crippen MR) is 192 cm³/mol. The van der Waals surface area contributed by atoms with E-state index in [-0.39, 0.29) is 41.8 Å². The third-order valence-electron chi connectivity index (χ3n) is 11.3. The number of carbonyl (C=O) groups is 1. The van der Waals surface area contributed by atoms with Gasteiger partial charge < -0.3 is 14.5 Å². The Morgan fingerprint density at radius 1 is 1.14 bits per heavy atom. The molecule has 0 saturated carbocycles. The molecule has 0 bridgehead atoms. The number of ether oxygens (including phenoxy) is 1. The quantitative estimate of drug-likeness (QED) is 0.189. The standard InChI is InChI=1S/C38H42ClF2N7O2/c1-24(46-15-6-16-46)11-12-31(49)47-18-13-27(22-47)45(2)36-29-20-42-34(28-9-3-7-25-8-4-10-30(39)32(25)28)33(41)35(29)43-37(44-36)50-23-38-14-5-17-48(38)21-26(40)19-38/h3-4,7-12,20,24,26-27H,5-6,13-19,21-23H2,1-2H3/b12-11+/t24-,26-,27-,38+/m1/s1. The Labute approximate surface area is 295 Å². The number of nitrogens with zero attached hydrogens (tertiary/aromatic N) is 7. The van der Waals surface area contributed by atoms with Crippen molar-refractivity contribution in [3.63, 3.8) is 0 Å². The number of hydrogen-bond donors (Lipinski definition) is 0. The van der Waals surface area contributed by atoms with E-state index < -0.39 is 17.5 Å². The first kappa shape index (κ1) is 33.2. The smallest absolute Gasteiger partial charge is 0.319 e. The Morgan fingerprint density at radius 3 is 2.76 bits per heavy atom. The molecular weight excluding hydrogens is 660 g/mol. The number of anilines is 1. The molecule has 6 heterocycles. The monoisotopic (exact) mass is 701 g/mol. The summed E-state index contributed by atoms with van der Waals surface area (Å²) < 4.78 is 37.7. The SMILES string of the molecule is C[C@H](/C=C/C(=O)N1CC[C@@H](N(C)c2nc(OC[C@@]34CCCN3C[C@H](F)C4)nc3c(F)c(-c4cccc5cccc(Cl)c45)ncc23)C1)N1CCC1. The number of likely N-dealkylation sites (tertiary alicyclic amines) is 2. The van der Waals surface area contributed by atoms with E-state index >= 15 is 4.39 Å². The summed E-state index contributed by atoms with van der Waals surface area (Å²) in [7, 11) is 1.91. The minimum Gasteiger partial charge on any atom is -0.461 e. The summed E-state index contributed by atoms with van der Waals surface area (Å²) in [5.41, 5.74) is 0.349. The number of pyridine rings is 1. The average Bonchev–Trinajstić information content (AvgIpc) is 3.80. The van der Waals surface area contributed by atoms with Crippen LogP contribution in [0.25, 0.3) is 32.9 Å². The Kier molecular flexibility index (Phi) is 8.85. The van der Waals surface area contributed by atoms with Crippen LogP contribution >= 0.6 is 11.6 Å². The molecule has 8 rings (SSSR count). The zero-order valence-corrected chi connectivity index (χ0v) is 29.3. The van der Waals surface area contributed by atoms with E-state index in [0.717, 1.165) is 44.3 Å². The van der Waals surface area contributed by atoms with Crippen molar-refractivity contribution in [2.24, 2.45) is 0 Å². The lowest BCUT2D eigenvalue weighted by Gasteiger charge is -2.34. The Morgan fingerprint density at radius 2 is 1.96 bits per heavy atom. The van der Waals surface area contributed by atoms with E-state index in [1.165, 1.54) is 6.42 Å². The molecule has 4 aliphatic rings. The van der Waals surface area contributed by atoms with Crippen LogP contribution in [0, 0.1) is 5.82 Å². The van der Waals surface area contributed by atoms with Crippen LogP contribution in [0.1, 0.15) is 39.0 Å². The molecule has 0 N–H and O–H groups in total. The average molecular weight is 702 g/mol. The molecule has 2 aromatic heterocycles. The van der Waals surface area contributed by atoms with Crippen LogP contribution in [0.4, 0.5) is 14.6 Å². The minimum absolute atomic E-state index is 0.0148. The number of benzene rings is 2. The largest absolute Gasteiger partial charge is 0.461 e. The summed E-state index contributed by atoms with van der Waals surface area (Å²) in [4.78, 5) is 35.6. The third kappa shape index (κ3) is 5.96. The molecule has 0 radical (unpaired) electrons. The van der Waals surface area contributed by atoms with Gasteiger partial charge in [-0.25, -0.2) is 8.78 Å². The molecule has 0 unspecified atom stereocenters. The van der Waals surface area contributed by atoms with Crippen LogP contribution in [-0.2, 0) is 4.79 Å². The number of halogens is 3. The van der Waals surface area contributed by atoms with E-state index in [1.807, 2.05) is 47.2 Å². The van der Waals surface area contributed by atoms with Crippen LogP contribution in [0.3, 0.4) is 0 Å². The van der Waals surface area contributed by atoms with Gasteiger partial charge in [0.25, 0.3) is 0 Å². The summed E-state index contributed by atoms with van der Waals surface area (Å²) in [6.07, 6.45) is 8.50. The maximum atomic E-state index is 16.8. The van der Waals surface area contributed by atoms with Crippen LogP contribution < -0.4 is 9.64 Å². The number of amides is 1. The molecule has 262 valence electrons. The second-order valence-electron chi connectivity index (χ2n) is 14.3. The lowest BCUT2D eigenvalue weighted by Crippen LogP contribution is -2.43. The third-order valence-corrected chi connectivity index (χ3v) is 11.6. The highest BCUT2D eigenvalue weighted by Crippen LogP contribution is 2.41. The van der Waals surface area contributed by atoms with Crippen molar-refractivity contribution >= 4 is 45.0 Å². The number of alkyl halides is 1. The maximum Gasteiger partial charge on any atom is 0.319 e. The van der Waals surface area contributed by atoms with Crippen LogP contribution in [0.15, 0.2) is 54.7 Å². The first-order valence-corrected chi connectivity index (χ1v) is 18.1. The van der Waals surface area contributed by atoms with Gasteiger partial charge in [0, 0.05) is 73.4 Å². The van der Waals surface area contributed by atoms with Gasteiger partial charge in [0.15, 0.2) is 5.82 Å². The van der Waals surface area contributed by atoms with Crippen LogP contribution in [-0.4, -0.2) is 112 Å². The first-order valence-electron chi connectivity index (χ1n) is 17.7. The normalized spacial score (nSPS) is 24.7. The highest BCUT2D eigenvalue weighted by Gasteiger charge is 2.49. The highest BCUT2D eigenvalue weighted by molar-refractivity contribution is 6.36. The number of rotatable bonds is 9. The molecule has 4 saturated heterocycles. The van der Waals surface area contributed by atoms with Crippen molar-refractivity contribution in [2.45, 2.75) is 62.8 Å². The van der Waals surface area contributed by atoms with Crippen molar-refractivity contribution in [1.29, 1.82) is 0 Å². The molecule has 12 heteroatoms. The zero-order valence-electron chi connectivity index (χ0n) is 28.5. The topological polar surface area (TPSA) is 77.9 Å². The molecule has 4 fully saturated rings. The number of aromatic nitrogens is 3. The molecule has 0 aliphatic carbocycles. The summed E-state index contributed by atoms with van der Waals surface area (Å²) >= 11 is 6.63. The highest BCUT2D eigenvalue weighted by atomic mass is 35.5. The van der Waals surface area contributed by atoms with Gasteiger partial charge in [-0.2, -0.15) is 9.97 Å². The Balaban J connectivity index is 1.13. The zero-order chi connectivity index (χ0) is 34.6. The lowest BCUT2D eigenvalue weighted by molar-refractivity contribution is -0.125. The van der Waals surface area contributed by atoms with Gasteiger partial charge in [-0.3, -0.25) is 19.6 Å². The van der Waals surface area contributed by atoms with Gasteiger partial charge >= 0.3 is 6.01 Å². The van der Waals surface area contributed by atoms with Gasteiger partial charge in [0.05, 0.1) is 10.9 Å².